The van der Waals surface area contributed by atoms with Crippen molar-refractivity contribution in [3.8, 4) is 0 Å². The van der Waals surface area contributed by atoms with Crippen LogP contribution in [0.1, 0.15) is 28.9 Å². The number of rotatable bonds is 4. The number of pyridine rings is 1. The number of fused-ring (bicyclic) bond motifs is 1. The van der Waals surface area contributed by atoms with Crippen molar-refractivity contribution in [2.75, 3.05) is 13.2 Å². The topological polar surface area (TPSA) is 51.7 Å². The van der Waals surface area contributed by atoms with Gasteiger partial charge in [-0.2, -0.15) is 0 Å². The maximum Gasteiger partial charge on any atom is 0.254 e. The largest absolute Gasteiger partial charge is 0.372 e. The second kappa shape index (κ2) is 7.74. The van der Waals surface area contributed by atoms with Crippen LogP contribution in [-0.2, 0) is 16.1 Å². The summed E-state index contributed by atoms with van der Waals surface area (Å²) in [5, 5.41) is 0.573. The molecule has 136 valence electrons. The smallest absolute Gasteiger partial charge is 0.254 e. The molecule has 1 aliphatic carbocycles. The minimum Gasteiger partial charge on any atom is -0.372 e. The Morgan fingerprint density at radius 3 is 3.00 bits per heavy atom. The van der Waals surface area contributed by atoms with Crippen molar-refractivity contribution < 1.29 is 14.3 Å². The van der Waals surface area contributed by atoms with Crippen LogP contribution in [0.15, 0.2) is 48.7 Å². The van der Waals surface area contributed by atoms with Crippen LogP contribution in [0.5, 0.6) is 0 Å². The Balaban J connectivity index is 1.43. The quantitative estimate of drug-likeness (QED) is 0.826. The van der Waals surface area contributed by atoms with Gasteiger partial charge in [-0.05, 0) is 43.2 Å². The van der Waals surface area contributed by atoms with E-state index in [1.165, 1.54) is 0 Å². The second-order valence-corrected chi connectivity index (χ2v) is 7.10. The highest BCUT2D eigenvalue weighted by atomic mass is 35.5. The molecule has 26 heavy (non-hydrogen) atoms. The predicted octanol–water partition coefficient (Wildman–Crippen LogP) is 3.32. The number of amides is 1. The third kappa shape index (κ3) is 3.61. The fourth-order valence-corrected chi connectivity index (χ4v) is 4.00. The van der Waals surface area contributed by atoms with Crippen molar-refractivity contribution in [1.82, 2.24) is 9.88 Å². The van der Waals surface area contributed by atoms with Crippen molar-refractivity contribution in [3.63, 3.8) is 0 Å². The molecular formula is C20H21ClN2O3. The number of carbonyl (C=O) groups excluding carboxylic acids is 1. The average molecular weight is 373 g/mol. The summed E-state index contributed by atoms with van der Waals surface area (Å²) >= 11 is 6.04. The van der Waals surface area contributed by atoms with Crippen LogP contribution < -0.4 is 0 Å². The highest BCUT2D eigenvalue weighted by Crippen LogP contribution is 2.33. The van der Waals surface area contributed by atoms with E-state index in [1.54, 1.807) is 24.4 Å². The molecule has 1 saturated carbocycles. The maximum atomic E-state index is 12.9. The summed E-state index contributed by atoms with van der Waals surface area (Å²) in [6.07, 6.45) is 3.41. The van der Waals surface area contributed by atoms with Crippen molar-refractivity contribution in [2.24, 2.45) is 0 Å². The minimum absolute atomic E-state index is 0.0103. The molecule has 2 heterocycles. The van der Waals surface area contributed by atoms with Crippen molar-refractivity contribution in [1.29, 1.82) is 0 Å². The molecule has 2 fully saturated rings. The number of hydrogen-bond acceptors (Lipinski definition) is 4. The monoisotopic (exact) mass is 372 g/mol. The Hall–Kier alpha value is -1.95. The summed E-state index contributed by atoms with van der Waals surface area (Å²) in [6.45, 7) is 1.58. The summed E-state index contributed by atoms with van der Waals surface area (Å²) in [6, 6.07) is 12.9. The molecule has 1 amide bonds. The van der Waals surface area contributed by atoms with Crippen LogP contribution in [0.4, 0.5) is 0 Å². The van der Waals surface area contributed by atoms with Crippen molar-refractivity contribution in [2.45, 2.75) is 37.7 Å². The molecule has 0 unspecified atom stereocenters. The van der Waals surface area contributed by atoms with Crippen LogP contribution >= 0.6 is 11.6 Å². The Morgan fingerprint density at radius 1 is 1.27 bits per heavy atom. The Labute approximate surface area is 157 Å². The van der Waals surface area contributed by atoms with Crippen LogP contribution in [0.25, 0.3) is 0 Å². The Morgan fingerprint density at radius 2 is 2.19 bits per heavy atom. The fraction of sp³-hybridized carbons (Fsp3) is 0.400. The lowest BCUT2D eigenvalue weighted by Gasteiger charge is -2.39. The molecule has 0 bridgehead atoms. The maximum absolute atomic E-state index is 12.9. The van der Waals surface area contributed by atoms with Gasteiger partial charge in [0.25, 0.3) is 5.91 Å². The first-order chi connectivity index (χ1) is 12.7. The zero-order chi connectivity index (χ0) is 17.9. The van der Waals surface area contributed by atoms with Gasteiger partial charge in [0.05, 0.1) is 31.1 Å². The zero-order valence-corrected chi connectivity index (χ0v) is 15.1. The van der Waals surface area contributed by atoms with Gasteiger partial charge in [0, 0.05) is 23.3 Å². The summed E-state index contributed by atoms with van der Waals surface area (Å²) in [7, 11) is 0. The highest BCUT2D eigenvalue weighted by molar-refractivity contribution is 6.30. The average Bonchev–Trinajstić information content (AvgIpc) is 3.10. The lowest BCUT2D eigenvalue weighted by molar-refractivity contribution is -0.109. The number of aromatic nitrogens is 1. The summed E-state index contributed by atoms with van der Waals surface area (Å²) in [4.78, 5) is 19.2. The number of nitrogens with zero attached hydrogens (tertiary/aromatic N) is 2. The van der Waals surface area contributed by atoms with Gasteiger partial charge in [0.15, 0.2) is 0 Å². The molecule has 0 N–H and O–H groups in total. The molecule has 1 saturated heterocycles. The number of halogens is 1. The van der Waals surface area contributed by atoms with Crippen LogP contribution in [0, 0.1) is 0 Å². The number of ether oxygens (including phenoxy) is 2. The van der Waals surface area contributed by atoms with E-state index in [1.807, 2.05) is 29.2 Å². The van der Waals surface area contributed by atoms with Crippen LogP contribution in [-0.4, -0.2) is 47.2 Å². The predicted molar refractivity (Wildman–Crippen MR) is 98.1 cm³/mol. The lowest BCUT2D eigenvalue weighted by Crippen LogP contribution is -2.53. The van der Waals surface area contributed by atoms with E-state index in [0.717, 1.165) is 18.5 Å². The Bertz CT molecular complexity index is 771. The van der Waals surface area contributed by atoms with E-state index in [4.69, 9.17) is 21.1 Å². The summed E-state index contributed by atoms with van der Waals surface area (Å²) in [5.74, 6) is 0.0103. The van der Waals surface area contributed by atoms with Gasteiger partial charge >= 0.3 is 0 Å². The molecule has 4 rings (SSSR count). The Kier molecular flexibility index (Phi) is 5.20. The molecule has 2 aromatic rings. The van der Waals surface area contributed by atoms with E-state index in [-0.39, 0.29) is 24.2 Å². The van der Waals surface area contributed by atoms with Crippen molar-refractivity contribution in [3.05, 3.63) is 64.9 Å². The van der Waals surface area contributed by atoms with Gasteiger partial charge < -0.3 is 14.4 Å². The SMILES string of the molecule is O=C(c1cccc(Cl)c1)N1CCO[C@H]2[C@H](OCc3ccccn3)CC[C@@H]21. The minimum atomic E-state index is -0.0874. The second-order valence-electron chi connectivity index (χ2n) is 6.66. The summed E-state index contributed by atoms with van der Waals surface area (Å²) in [5.41, 5.74) is 1.52. The van der Waals surface area contributed by atoms with E-state index < -0.39 is 0 Å². The molecule has 0 spiro atoms. The van der Waals surface area contributed by atoms with E-state index in [0.29, 0.717) is 30.3 Å². The number of benzene rings is 1. The first-order valence-electron chi connectivity index (χ1n) is 8.92. The van der Waals surface area contributed by atoms with Gasteiger partial charge in [0.1, 0.15) is 6.10 Å². The van der Waals surface area contributed by atoms with Gasteiger partial charge in [-0.15, -0.1) is 0 Å². The zero-order valence-electron chi connectivity index (χ0n) is 14.4. The molecule has 6 heteroatoms. The molecule has 3 atom stereocenters. The summed E-state index contributed by atoms with van der Waals surface area (Å²) < 4.78 is 12.0. The molecule has 2 aliphatic rings. The molecule has 5 nitrogen and oxygen atoms in total. The van der Waals surface area contributed by atoms with E-state index >= 15 is 0 Å². The van der Waals surface area contributed by atoms with Gasteiger partial charge in [0.2, 0.25) is 0 Å². The molecule has 1 aromatic carbocycles. The number of carbonyl (C=O) groups is 1. The standard InChI is InChI=1S/C20H21ClN2O3/c21-15-5-3-4-14(12-15)20(24)23-10-11-25-19-17(23)7-8-18(19)26-13-16-6-1-2-9-22-16/h1-6,9,12,17-19H,7-8,10-11,13H2/t17-,18+,19+/m0/s1. The van der Waals surface area contributed by atoms with Crippen molar-refractivity contribution >= 4 is 17.5 Å². The van der Waals surface area contributed by atoms with E-state index in [9.17, 15) is 4.79 Å². The van der Waals surface area contributed by atoms with Crippen LogP contribution in [0.3, 0.4) is 0 Å². The lowest BCUT2D eigenvalue weighted by atomic mass is 10.1. The first kappa shape index (κ1) is 17.5. The third-order valence-corrected chi connectivity index (χ3v) is 5.27. The van der Waals surface area contributed by atoms with Gasteiger partial charge in [-0.3, -0.25) is 9.78 Å². The van der Waals surface area contributed by atoms with Crippen LogP contribution in [0.2, 0.25) is 5.02 Å². The fourth-order valence-electron chi connectivity index (χ4n) is 3.81. The molecular weight excluding hydrogens is 352 g/mol. The van der Waals surface area contributed by atoms with Gasteiger partial charge in [-0.1, -0.05) is 23.7 Å². The number of morpholine rings is 1. The first-order valence-corrected chi connectivity index (χ1v) is 9.30. The normalized spacial score (nSPS) is 25.1. The number of hydrogen-bond donors (Lipinski definition) is 0. The molecule has 1 aromatic heterocycles. The molecule has 0 radical (unpaired) electrons. The van der Waals surface area contributed by atoms with E-state index in [2.05, 4.69) is 4.98 Å². The molecule has 1 aliphatic heterocycles. The highest BCUT2D eigenvalue weighted by Gasteiger charge is 2.45. The third-order valence-electron chi connectivity index (χ3n) is 5.04. The van der Waals surface area contributed by atoms with Gasteiger partial charge in [-0.25, -0.2) is 0 Å².